The Kier molecular flexibility index (Phi) is 1.90. The predicted octanol–water partition coefficient (Wildman–Crippen LogP) is 0.371. The van der Waals surface area contributed by atoms with Crippen LogP contribution in [0.4, 0.5) is 5.69 Å². The van der Waals surface area contributed by atoms with E-state index in [1.807, 2.05) is 0 Å². The van der Waals surface area contributed by atoms with E-state index in [9.17, 15) is 10.1 Å². The topological polar surface area (TPSA) is 86.7 Å². The summed E-state index contributed by atoms with van der Waals surface area (Å²) >= 11 is 0. The van der Waals surface area contributed by atoms with Gasteiger partial charge in [-0.25, -0.2) is 0 Å². The normalized spacial score (nSPS) is 10.0. The summed E-state index contributed by atoms with van der Waals surface area (Å²) in [5.41, 5.74) is 0.235. The molecule has 0 aliphatic rings. The monoisotopic (exact) mass is 190 g/mol. The minimum atomic E-state index is -0.495. The van der Waals surface area contributed by atoms with Crippen LogP contribution in [0.15, 0.2) is 24.3 Å². The van der Waals surface area contributed by atoms with Gasteiger partial charge in [-0.05, 0) is 16.5 Å². The van der Waals surface area contributed by atoms with Gasteiger partial charge in [0.2, 0.25) is 6.33 Å². The van der Waals surface area contributed by atoms with Gasteiger partial charge in [-0.2, -0.15) is 4.68 Å². The van der Waals surface area contributed by atoms with E-state index in [4.69, 9.17) is 0 Å². The van der Waals surface area contributed by atoms with Gasteiger partial charge in [0.1, 0.15) is 5.69 Å². The average molecular weight is 190 g/mol. The second-order valence-corrected chi connectivity index (χ2v) is 2.44. The van der Waals surface area contributed by atoms with E-state index in [2.05, 4.69) is 21.9 Å². The van der Waals surface area contributed by atoms with Gasteiger partial charge in [0.05, 0.1) is 4.92 Å². The number of aromatic nitrogens is 4. The summed E-state index contributed by atoms with van der Waals surface area (Å²) in [6, 6.07) is 6.17. The fraction of sp³-hybridized carbons (Fsp3) is 0. The van der Waals surface area contributed by atoms with E-state index >= 15 is 0 Å². The Hall–Kier alpha value is -2.31. The van der Waals surface area contributed by atoms with Crippen molar-refractivity contribution in [3.05, 3.63) is 40.7 Å². The first-order valence-electron chi connectivity index (χ1n) is 3.69. The highest BCUT2D eigenvalue weighted by Crippen LogP contribution is 2.19. The van der Waals surface area contributed by atoms with E-state index in [-0.39, 0.29) is 5.69 Å². The standard InChI is InChI=1S/C7H4N5O2/c13-12(14)7-4-2-1-3-6(7)11-5-8-9-10-11/h1-4H. The summed E-state index contributed by atoms with van der Waals surface area (Å²) in [6.45, 7) is 0. The lowest BCUT2D eigenvalue weighted by Gasteiger charge is -1.98. The van der Waals surface area contributed by atoms with Crippen LogP contribution in [0.5, 0.6) is 0 Å². The molecule has 1 heterocycles. The predicted molar refractivity (Wildman–Crippen MR) is 44.6 cm³/mol. The third kappa shape index (κ3) is 1.30. The summed E-state index contributed by atoms with van der Waals surface area (Å²) in [5, 5.41) is 20.8. The van der Waals surface area contributed by atoms with Gasteiger partial charge in [0, 0.05) is 6.07 Å². The van der Waals surface area contributed by atoms with Gasteiger partial charge < -0.3 is 0 Å². The molecule has 1 aromatic heterocycles. The van der Waals surface area contributed by atoms with Gasteiger partial charge in [-0.15, -0.1) is 5.10 Å². The van der Waals surface area contributed by atoms with Crippen molar-refractivity contribution in [2.45, 2.75) is 0 Å². The van der Waals surface area contributed by atoms with E-state index < -0.39 is 4.92 Å². The Bertz CT molecular complexity index is 453. The zero-order valence-electron chi connectivity index (χ0n) is 6.86. The van der Waals surface area contributed by atoms with Gasteiger partial charge >= 0.3 is 0 Å². The maximum atomic E-state index is 10.6. The highest BCUT2D eigenvalue weighted by molar-refractivity contribution is 5.50. The van der Waals surface area contributed by atoms with E-state index in [1.54, 1.807) is 18.2 Å². The Morgan fingerprint density at radius 3 is 2.86 bits per heavy atom. The third-order valence-corrected chi connectivity index (χ3v) is 1.62. The molecule has 1 radical (unpaired) electrons. The number of rotatable bonds is 2. The van der Waals surface area contributed by atoms with E-state index in [0.717, 1.165) is 4.68 Å². The molecule has 7 nitrogen and oxygen atoms in total. The number of para-hydroxylation sites is 2. The van der Waals surface area contributed by atoms with Gasteiger partial charge in [0.15, 0.2) is 0 Å². The van der Waals surface area contributed by atoms with Crippen LogP contribution in [0.25, 0.3) is 5.69 Å². The van der Waals surface area contributed by atoms with Crippen molar-refractivity contribution in [3.8, 4) is 5.69 Å². The first-order valence-corrected chi connectivity index (χ1v) is 3.69. The molecule has 2 rings (SSSR count). The first-order chi connectivity index (χ1) is 6.79. The molecule has 0 fully saturated rings. The Balaban J connectivity index is 2.58. The van der Waals surface area contributed by atoms with Crippen LogP contribution >= 0.6 is 0 Å². The third-order valence-electron chi connectivity index (χ3n) is 1.62. The van der Waals surface area contributed by atoms with E-state index in [0.29, 0.717) is 5.69 Å². The molecular weight excluding hydrogens is 186 g/mol. The summed E-state index contributed by atoms with van der Waals surface area (Å²) in [7, 11) is 0. The van der Waals surface area contributed by atoms with Gasteiger partial charge in [0.25, 0.3) is 5.69 Å². The lowest BCUT2D eigenvalue weighted by atomic mass is 10.3. The molecule has 2 aromatic rings. The number of tetrazole rings is 1. The van der Waals surface area contributed by atoms with Crippen molar-refractivity contribution < 1.29 is 4.92 Å². The smallest absolute Gasteiger partial charge is 0.258 e. The fourth-order valence-electron chi connectivity index (χ4n) is 1.04. The fourth-order valence-corrected chi connectivity index (χ4v) is 1.04. The average Bonchev–Trinajstić information content (AvgIpc) is 2.70. The molecular formula is C7H4N5O2. The second-order valence-electron chi connectivity index (χ2n) is 2.44. The molecule has 0 atom stereocenters. The van der Waals surface area contributed by atoms with Crippen molar-refractivity contribution in [1.29, 1.82) is 0 Å². The number of hydrogen-bond acceptors (Lipinski definition) is 5. The van der Waals surface area contributed by atoms with Crippen molar-refractivity contribution in [2.24, 2.45) is 0 Å². The van der Waals surface area contributed by atoms with E-state index in [1.165, 1.54) is 6.07 Å². The van der Waals surface area contributed by atoms with Crippen LogP contribution in [0.1, 0.15) is 0 Å². The summed E-state index contributed by atoms with van der Waals surface area (Å²) in [5.74, 6) is 0. The van der Waals surface area contributed by atoms with Crippen molar-refractivity contribution in [3.63, 3.8) is 0 Å². The van der Waals surface area contributed by atoms with Crippen molar-refractivity contribution >= 4 is 5.69 Å². The van der Waals surface area contributed by atoms with Crippen LogP contribution < -0.4 is 0 Å². The van der Waals surface area contributed by atoms with Crippen LogP contribution in [-0.4, -0.2) is 25.1 Å². The Morgan fingerprint density at radius 2 is 2.21 bits per heavy atom. The van der Waals surface area contributed by atoms with Gasteiger partial charge in [-0.1, -0.05) is 12.1 Å². The van der Waals surface area contributed by atoms with Crippen LogP contribution in [0.3, 0.4) is 0 Å². The van der Waals surface area contributed by atoms with Crippen LogP contribution in [0.2, 0.25) is 0 Å². The molecule has 0 bridgehead atoms. The zero-order chi connectivity index (χ0) is 9.97. The van der Waals surface area contributed by atoms with Crippen LogP contribution in [0, 0.1) is 16.4 Å². The molecule has 7 heteroatoms. The molecule has 1 aromatic carbocycles. The molecule has 0 spiro atoms. The number of benzene rings is 1. The molecule has 0 N–H and O–H groups in total. The molecule has 69 valence electrons. The second kappa shape index (κ2) is 3.21. The number of nitro benzene ring substituents is 1. The quantitative estimate of drug-likeness (QED) is 0.504. The minimum absolute atomic E-state index is 0.0592. The van der Waals surface area contributed by atoms with Crippen molar-refractivity contribution in [2.75, 3.05) is 0 Å². The summed E-state index contributed by atoms with van der Waals surface area (Å²) in [4.78, 5) is 10.1. The molecule has 14 heavy (non-hydrogen) atoms. The maximum absolute atomic E-state index is 10.6. The SMILES string of the molecule is O=[N+]([O-])c1ccccc1-n1[c]nnn1. The summed E-state index contributed by atoms with van der Waals surface area (Å²) < 4.78 is 1.12. The highest BCUT2D eigenvalue weighted by atomic mass is 16.6. The van der Waals surface area contributed by atoms with Crippen LogP contribution in [-0.2, 0) is 0 Å². The summed E-state index contributed by atoms with van der Waals surface area (Å²) in [6.07, 6.45) is 2.39. The zero-order valence-corrected chi connectivity index (χ0v) is 6.86. The maximum Gasteiger partial charge on any atom is 0.295 e. The lowest BCUT2D eigenvalue weighted by molar-refractivity contribution is -0.384. The van der Waals surface area contributed by atoms with Gasteiger partial charge in [-0.3, -0.25) is 10.1 Å². The number of hydrogen-bond donors (Lipinski definition) is 0. The Morgan fingerprint density at radius 1 is 1.43 bits per heavy atom. The number of nitro groups is 1. The van der Waals surface area contributed by atoms with Crippen molar-refractivity contribution in [1.82, 2.24) is 20.2 Å². The number of nitrogens with zero attached hydrogens (tertiary/aromatic N) is 5. The lowest BCUT2D eigenvalue weighted by Crippen LogP contribution is -2.00. The molecule has 0 saturated carbocycles. The highest BCUT2D eigenvalue weighted by Gasteiger charge is 2.14. The molecule has 0 amide bonds. The molecule has 0 aliphatic heterocycles. The molecule has 0 aliphatic carbocycles. The molecule has 0 saturated heterocycles. The Labute approximate surface area is 78.1 Å². The first kappa shape index (κ1) is 8.30. The molecule has 0 unspecified atom stereocenters. The minimum Gasteiger partial charge on any atom is -0.258 e. The largest absolute Gasteiger partial charge is 0.295 e.